The number of benzene rings is 1. The van der Waals surface area contributed by atoms with Crippen LogP contribution in [0.2, 0.25) is 0 Å². The zero-order valence-corrected chi connectivity index (χ0v) is 10.4. The molecule has 0 fully saturated rings. The minimum atomic E-state index is -3.29. The molecule has 100 valence electrons. The van der Waals surface area contributed by atoms with Gasteiger partial charge in [-0.15, -0.1) is 0 Å². The van der Waals surface area contributed by atoms with Gasteiger partial charge in [0.2, 0.25) is 0 Å². The van der Waals surface area contributed by atoms with Crippen molar-refractivity contribution in [1.82, 2.24) is 5.32 Å². The van der Waals surface area contributed by atoms with E-state index in [1.807, 2.05) is 0 Å². The van der Waals surface area contributed by atoms with Crippen molar-refractivity contribution in [3.05, 3.63) is 35.9 Å². The van der Waals surface area contributed by atoms with Gasteiger partial charge in [-0.05, 0) is 5.56 Å². The fourth-order valence-electron chi connectivity index (χ4n) is 1.54. The lowest BCUT2D eigenvalue weighted by atomic mass is 9.98. The molecule has 1 rings (SSSR count). The van der Waals surface area contributed by atoms with E-state index in [1.54, 1.807) is 30.3 Å². The first-order valence-electron chi connectivity index (χ1n) is 5.73. The Balaban J connectivity index is 2.74. The highest BCUT2D eigenvalue weighted by Gasteiger charge is 2.46. The van der Waals surface area contributed by atoms with Gasteiger partial charge >= 0.3 is 5.97 Å². The molecule has 5 heteroatoms. The van der Waals surface area contributed by atoms with Crippen molar-refractivity contribution in [3.8, 4) is 0 Å². The molecular formula is C13H17F2NO2. The first kappa shape index (κ1) is 14.6. The Labute approximate surface area is 105 Å². The van der Waals surface area contributed by atoms with Gasteiger partial charge in [0.05, 0.1) is 0 Å². The van der Waals surface area contributed by atoms with E-state index in [0.29, 0.717) is 0 Å². The summed E-state index contributed by atoms with van der Waals surface area (Å²) in [7, 11) is 0. The molecule has 0 saturated heterocycles. The van der Waals surface area contributed by atoms with Gasteiger partial charge < -0.3 is 5.11 Å². The van der Waals surface area contributed by atoms with Crippen molar-refractivity contribution < 1.29 is 18.7 Å². The Morgan fingerprint density at radius 1 is 1.33 bits per heavy atom. The summed E-state index contributed by atoms with van der Waals surface area (Å²) in [5.74, 6) is -5.87. The second-order valence-corrected chi connectivity index (χ2v) is 4.47. The number of carboxylic acid groups (broad SMARTS) is 1. The Morgan fingerprint density at radius 2 is 1.89 bits per heavy atom. The maximum absolute atomic E-state index is 13.7. The lowest BCUT2D eigenvalue weighted by Gasteiger charge is -2.27. The second kappa shape index (κ2) is 5.91. The molecule has 0 heterocycles. The van der Waals surface area contributed by atoms with Crippen LogP contribution in [-0.4, -0.2) is 23.0 Å². The van der Waals surface area contributed by atoms with Crippen LogP contribution in [-0.2, 0) is 11.3 Å². The van der Waals surface area contributed by atoms with Crippen LogP contribution < -0.4 is 5.32 Å². The summed E-state index contributed by atoms with van der Waals surface area (Å²) in [6.45, 7) is 2.71. The number of alkyl halides is 2. The summed E-state index contributed by atoms with van der Waals surface area (Å²) < 4.78 is 27.4. The molecule has 0 aliphatic heterocycles. The van der Waals surface area contributed by atoms with E-state index >= 15 is 0 Å². The van der Waals surface area contributed by atoms with Crippen molar-refractivity contribution in [1.29, 1.82) is 0 Å². The first-order valence-corrected chi connectivity index (χ1v) is 5.73. The largest absolute Gasteiger partial charge is 0.480 e. The summed E-state index contributed by atoms with van der Waals surface area (Å²) in [6, 6.07) is 6.97. The van der Waals surface area contributed by atoms with Gasteiger partial charge in [0.25, 0.3) is 5.92 Å². The van der Waals surface area contributed by atoms with Crippen LogP contribution in [0.1, 0.15) is 19.4 Å². The quantitative estimate of drug-likeness (QED) is 0.823. The Bertz CT molecular complexity index is 393. The average molecular weight is 257 g/mol. The van der Waals surface area contributed by atoms with Crippen molar-refractivity contribution in [2.45, 2.75) is 32.4 Å². The molecule has 2 N–H and O–H groups in total. The summed E-state index contributed by atoms with van der Waals surface area (Å²) in [6.07, 6.45) is 0. The molecule has 1 aromatic rings. The molecule has 1 aromatic carbocycles. The van der Waals surface area contributed by atoms with Crippen LogP contribution in [0, 0.1) is 5.92 Å². The number of hydrogen-bond acceptors (Lipinski definition) is 2. The van der Waals surface area contributed by atoms with Crippen LogP contribution in [0.25, 0.3) is 0 Å². The van der Waals surface area contributed by atoms with Gasteiger partial charge in [-0.25, -0.2) is 8.78 Å². The van der Waals surface area contributed by atoms with Crippen molar-refractivity contribution >= 4 is 5.97 Å². The van der Waals surface area contributed by atoms with Gasteiger partial charge in [-0.2, -0.15) is 0 Å². The molecule has 0 amide bonds. The van der Waals surface area contributed by atoms with Crippen molar-refractivity contribution in [2.75, 3.05) is 0 Å². The molecule has 18 heavy (non-hydrogen) atoms. The van der Waals surface area contributed by atoms with Gasteiger partial charge in [0.1, 0.15) is 0 Å². The second-order valence-electron chi connectivity index (χ2n) is 4.47. The lowest BCUT2D eigenvalue weighted by molar-refractivity contribution is -0.156. The smallest absolute Gasteiger partial charge is 0.327 e. The molecule has 0 aliphatic carbocycles. The minimum Gasteiger partial charge on any atom is -0.480 e. The van der Waals surface area contributed by atoms with E-state index in [0.717, 1.165) is 5.56 Å². The van der Waals surface area contributed by atoms with E-state index in [2.05, 4.69) is 5.32 Å². The minimum absolute atomic E-state index is 0.0973. The van der Waals surface area contributed by atoms with Crippen LogP contribution in [0.4, 0.5) is 8.78 Å². The average Bonchev–Trinajstić information content (AvgIpc) is 2.29. The van der Waals surface area contributed by atoms with E-state index in [4.69, 9.17) is 5.11 Å². The molecule has 0 spiro atoms. The third-order valence-electron chi connectivity index (χ3n) is 2.75. The first-order chi connectivity index (χ1) is 8.35. The zero-order valence-electron chi connectivity index (χ0n) is 10.4. The topological polar surface area (TPSA) is 49.3 Å². The summed E-state index contributed by atoms with van der Waals surface area (Å²) in [5.41, 5.74) is 0.767. The van der Waals surface area contributed by atoms with E-state index < -0.39 is 23.9 Å². The molecule has 0 bridgehead atoms. The third kappa shape index (κ3) is 3.50. The molecular weight excluding hydrogens is 240 g/mol. The standard InChI is InChI=1S/C13H17F2NO2/c1-9(2)13(14,15)11(12(17)18)16-8-10-6-4-3-5-7-10/h3-7,9,11,16H,8H2,1-2H3,(H,17,18)/t11-/m0/s1. The lowest BCUT2D eigenvalue weighted by Crippen LogP contribution is -2.52. The maximum Gasteiger partial charge on any atom is 0.327 e. The fourth-order valence-corrected chi connectivity index (χ4v) is 1.54. The Morgan fingerprint density at radius 3 is 2.33 bits per heavy atom. The Kier molecular flexibility index (Phi) is 4.78. The van der Waals surface area contributed by atoms with Crippen LogP contribution in [0.5, 0.6) is 0 Å². The molecule has 3 nitrogen and oxygen atoms in total. The SMILES string of the molecule is CC(C)C(F)(F)[C@@H](NCc1ccccc1)C(=O)O. The van der Waals surface area contributed by atoms with Gasteiger partial charge in [-0.3, -0.25) is 10.1 Å². The highest BCUT2D eigenvalue weighted by molar-refractivity contribution is 5.74. The van der Waals surface area contributed by atoms with E-state index in [9.17, 15) is 13.6 Å². The molecule has 1 atom stereocenters. The van der Waals surface area contributed by atoms with E-state index in [-0.39, 0.29) is 6.54 Å². The van der Waals surface area contributed by atoms with Crippen LogP contribution in [0.15, 0.2) is 30.3 Å². The molecule has 0 unspecified atom stereocenters. The number of carboxylic acids is 1. The van der Waals surface area contributed by atoms with Gasteiger partial charge in [-0.1, -0.05) is 44.2 Å². The highest BCUT2D eigenvalue weighted by Crippen LogP contribution is 2.28. The van der Waals surface area contributed by atoms with Gasteiger partial charge in [0, 0.05) is 12.5 Å². The predicted molar refractivity (Wildman–Crippen MR) is 64.5 cm³/mol. The molecule has 0 saturated carbocycles. The third-order valence-corrected chi connectivity index (χ3v) is 2.75. The van der Waals surface area contributed by atoms with Crippen LogP contribution >= 0.6 is 0 Å². The predicted octanol–water partition coefficient (Wildman–Crippen LogP) is 2.52. The monoisotopic (exact) mass is 257 g/mol. The van der Waals surface area contributed by atoms with E-state index in [1.165, 1.54) is 13.8 Å². The van der Waals surface area contributed by atoms with Crippen molar-refractivity contribution in [2.24, 2.45) is 5.92 Å². The number of hydrogen-bond donors (Lipinski definition) is 2. The van der Waals surface area contributed by atoms with Gasteiger partial charge in [0.15, 0.2) is 6.04 Å². The molecule has 0 aliphatic rings. The number of nitrogens with one attached hydrogen (secondary N) is 1. The fraction of sp³-hybridized carbons (Fsp3) is 0.462. The van der Waals surface area contributed by atoms with Crippen LogP contribution in [0.3, 0.4) is 0 Å². The summed E-state index contributed by atoms with van der Waals surface area (Å²) >= 11 is 0. The molecule has 0 radical (unpaired) electrons. The maximum atomic E-state index is 13.7. The zero-order chi connectivity index (χ0) is 13.8. The van der Waals surface area contributed by atoms with Crippen molar-refractivity contribution in [3.63, 3.8) is 0 Å². The summed E-state index contributed by atoms with van der Waals surface area (Å²) in [4.78, 5) is 10.9. The Hall–Kier alpha value is -1.49. The normalized spacial score (nSPS) is 13.6. The number of rotatable bonds is 6. The number of carbonyl (C=O) groups is 1. The number of aliphatic carboxylic acids is 1. The number of halogens is 2. The molecule has 0 aromatic heterocycles. The summed E-state index contributed by atoms with van der Waals surface area (Å²) in [5, 5.41) is 11.3. The highest BCUT2D eigenvalue weighted by atomic mass is 19.3.